The molecule has 2 rings (SSSR count). The molecule has 6 nitrogen and oxygen atoms in total. The zero-order valence-corrected chi connectivity index (χ0v) is 14.0. The first-order valence-corrected chi connectivity index (χ1v) is 7.74. The number of carboxylic acid groups (broad SMARTS) is 1. The summed E-state index contributed by atoms with van der Waals surface area (Å²) in [5.74, 6) is -1.15. The van der Waals surface area contributed by atoms with Gasteiger partial charge in [0.25, 0.3) is 11.8 Å². The molecule has 2 amide bonds. The third-order valence-corrected chi connectivity index (χ3v) is 3.73. The van der Waals surface area contributed by atoms with Crippen LogP contribution >= 0.6 is 0 Å². The monoisotopic (exact) mass is 320 g/mol. The van der Waals surface area contributed by atoms with Crippen molar-refractivity contribution in [3.63, 3.8) is 0 Å². The van der Waals surface area contributed by atoms with Gasteiger partial charge in [-0.25, -0.2) is 0 Å². The van der Waals surface area contributed by atoms with Crippen molar-refractivity contribution in [2.45, 2.75) is 33.7 Å². The Morgan fingerprint density at radius 1 is 1.09 bits per heavy atom. The summed E-state index contributed by atoms with van der Waals surface area (Å²) in [5, 5.41) is 11.1. The second-order valence-electron chi connectivity index (χ2n) is 5.58. The molecule has 2 N–H and O–H groups in total. The number of aliphatic carboxylic acids is 1. The first kappa shape index (κ1) is 18.8. The number of benzene rings is 1. The number of hydrogen-bond donors (Lipinski definition) is 2. The van der Waals surface area contributed by atoms with Crippen LogP contribution in [0.3, 0.4) is 0 Å². The van der Waals surface area contributed by atoms with Crippen molar-refractivity contribution >= 4 is 17.8 Å². The van der Waals surface area contributed by atoms with E-state index in [1.807, 2.05) is 32.6 Å². The molecular formula is C17H24N2O4. The van der Waals surface area contributed by atoms with Gasteiger partial charge in [0, 0.05) is 0 Å². The van der Waals surface area contributed by atoms with Crippen LogP contribution in [0, 0.1) is 5.92 Å². The van der Waals surface area contributed by atoms with Crippen molar-refractivity contribution in [2.75, 3.05) is 13.1 Å². The Bertz CT molecular complexity index is 547. The first-order chi connectivity index (χ1) is 10.8. The maximum atomic E-state index is 10.9. The third kappa shape index (κ3) is 4.63. The molecule has 1 aliphatic heterocycles. The number of fused-ring (bicyclic) bond motifs is 1. The molecule has 0 fully saturated rings. The quantitative estimate of drug-likeness (QED) is 0.810. The minimum absolute atomic E-state index is 0.169. The highest BCUT2D eigenvalue weighted by Crippen LogP contribution is 2.13. The fourth-order valence-electron chi connectivity index (χ4n) is 2.60. The number of carboxylic acids is 1. The van der Waals surface area contributed by atoms with Crippen molar-refractivity contribution in [3.8, 4) is 0 Å². The van der Waals surface area contributed by atoms with Crippen molar-refractivity contribution in [1.29, 1.82) is 0 Å². The molecule has 0 aromatic heterocycles. The Hall–Kier alpha value is -2.21. The zero-order chi connectivity index (χ0) is 17.6. The molecule has 1 aromatic carbocycles. The van der Waals surface area contributed by atoms with Crippen LogP contribution in [-0.2, 0) is 4.79 Å². The number of carbonyl (C=O) groups is 3. The van der Waals surface area contributed by atoms with Gasteiger partial charge in [-0.1, -0.05) is 39.8 Å². The van der Waals surface area contributed by atoms with Crippen molar-refractivity contribution in [1.82, 2.24) is 10.2 Å². The highest BCUT2D eigenvalue weighted by atomic mass is 16.4. The largest absolute Gasteiger partial charge is 0.480 e. The van der Waals surface area contributed by atoms with E-state index in [4.69, 9.17) is 5.11 Å². The van der Waals surface area contributed by atoms with Crippen LogP contribution in [0.1, 0.15) is 48.4 Å². The van der Waals surface area contributed by atoms with Crippen LogP contribution < -0.4 is 5.32 Å². The standard InChI is InChI=1S/C9H19NO2.C8H5NO2/c1-5-10(6-2)8(7(3)4)9(11)12;10-7-5-3-1-2-4-6(5)8(11)9-7/h7-8H,5-6H2,1-4H3,(H,11,12);1-4H,(H,9,10,11)/t8-;/m0./s1. The SMILES string of the molecule is CCN(CC)[C@H](C(=O)O)C(C)C.O=C1NC(=O)c2ccccc21. The number of imide groups is 1. The van der Waals surface area contributed by atoms with E-state index in [-0.39, 0.29) is 23.8 Å². The van der Waals surface area contributed by atoms with Gasteiger partial charge >= 0.3 is 5.97 Å². The Balaban J connectivity index is 0.000000230. The van der Waals surface area contributed by atoms with E-state index >= 15 is 0 Å². The molecule has 0 spiro atoms. The van der Waals surface area contributed by atoms with Crippen molar-refractivity contribution < 1.29 is 19.5 Å². The zero-order valence-electron chi connectivity index (χ0n) is 14.0. The lowest BCUT2D eigenvalue weighted by Crippen LogP contribution is -2.44. The molecule has 1 aliphatic rings. The summed E-state index contributed by atoms with van der Waals surface area (Å²) >= 11 is 0. The highest BCUT2D eigenvalue weighted by molar-refractivity contribution is 6.21. The summed E-state index contributed by atoms with van der Waals surface area (Å²) in [6.45, 7) is 9.45. The maximum absolute atomic E-state index is 10.9. The van der Waals surface area contributed by atoms with Gasteiger partial charge in [0.05, 0.1) is 11.1 Å². The van der Waals surface area contributed by atoms with Gasteiger partial charge in [0.1, 0.15) is 6.04 Å². The predicted octanol–water partition coefficient (Wildman–Crippen LogP) is 2.01. The minimum atomic E-state index is -0.714. The molecule has 1 heterocycles. The number of carbonyl (C=O) groups excluding carboxylic acids is 2. The molecule has 0 bridgehead atoms. The van der Waals surface area contributed by atoms with E-state index in [0.29, 0.717) is 11.1 Å². The first-order valence-electron chi connectivity index (χ1n) is 7.74. The molecule has 1 aromatic rings. The summed E-state index contributed by atoms with van der Waals surface area (Å²) in [7, 11) is 0. The van der Waals surface area contributed by atoms with Gasteiger partial charge in [-0.3, -0.25) is 24.6 Å². The van der Waals surface area contributed by atoms with Crippen LogP contribution in [0.5, 0.6) is 0 Å². The highest BCUT2D eigenvalue weighted by Gasteiger charge is 2.26. The molecule has 0 radical (unpaired) electrons. The van der Waals surface area contributed by atoms with Crippen molar-refractivity contribution in [2.24, 2.45) is 5.92 Å². The Morgan fingerprint density at radius 3 is 1.78 bits per heavy atom. The summed E-state index contributed by atoms with van der Waals surface area (Å²) in [5.41, 5.74) is 0.940. The predicted molar refractivity (Wildman–Crippen MR) is 87.4 cm³/mol. The normalized spacial score (nSPS) is 14.2. The number of hydrogen-bond acceptors (Lipinski definition) is 4. The Kier molecular flexibility index (Phi) is 6.90. The molecule has 23 heavy (non-hydrogen) atoms. The van der Waals surface area contributed by atoms with Crippen LogP contribution in [0.15, 0.2) is 24.3 Å². The number of amides is 2. The average molecular weight is 320 g/mol. The van der Waals surface area contributed by atoms with Gasteiger partial charge in [0.2, 0.25) is 0 Å². The number of likely N-dealkylation sites (N-methyl/N-ethyl adjacent to an activating group) is 1. The molecule has 126 valence electrons. The lowest BCUT2D eigenvalue weighted by atomic mass is 10.0. The third-order valence-electron chi connectivity index (χ3n) is 3.73. The summed E-state index contributed by atoms with van der Waals surface area (Å²) < 4.78 is 0. The van der Waals surface area contributed by atoms with Gasteiger partial charge in [-0.2, -0.15) is 0 Å². The molecule has 0 saturated heterocycles. The fraction of sp³-hybridized carbons (Fsp3) is 0.471. The fourth-order valence-corrected chi connectivity index (χ4v) is 2.60. The Labute approximate surface area is 136 Å². The molecule has 0 unspecified atom stereocenters. The molecule has 0 saturated carbocycles. The Morgan fingerprint density at radius 2 is 1.52 bits per heavy atom. The smallest absolute Gasteiger partial charge is 0.321 e. The van der Waals surface area contributed by atoms with Crippen molar-refractivity contribution in [3.05, 3.63) is 35.4 Å². The van der Waals surface area contributed by atoms with Gasteiger partial charge < -0.3 is 5.11 Å². The van der Waals surface area contributed by atoms with Gasteiger partial charge in [-0.15, -0.1) is 0 Å². The summed E-state index contributed by atoms with van der Waals surface area (Å²) in [4.78, 5) is 34.7. The van der Waals surface area contributed by atoms with E-state index in [0.717, 1.165) is 13.1 Å². The molecule has 0 aliphatic carbocycles. The van der Waals surface area contributed by atoms with Gasteiger partial charge in [-0.05, 0) is 31.1 Å². The van der Waals surface area contributed by atoms with Crippen LogP contribution in [0.4, 0.5) is 0 Å². The summed E-state index contributed by atoms with van der Waals surface area (Å²) in [6.07, 6.45) is 0. The van der Waals surface area contributed by atoms with E-state index in [1.54, 1.807) is 24.3 Å². The number of rotatable bonds is 5. The van der Waals surface area contributed by atoms with E-state index in [1.165, 1.54) is 0 Å². The van der Waals surface area contributed by atoms with E-state index in [9.17, 15) is 14.4 Å². The van der Waals surface area contributed by atoms with Crippen LogP contribution in [-0.4, -0.2) is 46.9 Å². The topological polar surface area (TPSA) is 86.7 Å². The van der Waals surface area contributed by atoms with Crippen LogP contribution in [0.25, 0.3) is 0 Å². The van der Waals surface area contributed by atoms with Gasteiger partial charge in [0.15, 0.2) is 0 Å². The molecule has 6 heteroatoms. The lowest BCUT2D eigenvalue weighted by molar-refractivity contribution is -0.144. The minimum Gasteiger partial charge on any atom is -0.480 e. The number of nitrogens with one attached hydrogen (secondary N) is 1. The second-order valence-corrected chi connectivity index (χ2v) is 5.58. The number of nitrogens with zero attached hydrogens (tertiary/aromatic N) is 1. The summed E-state index contributed by atoms with van der Waals surface area (Å²) in [6, 6.07) is 6.40. The molecule has 1 atom stereocenters. The van der Waals surface area contributed by atoms with Crippen LogP contribution in [0.2, 0.25) is 0 Å². The second kappa shape index (κ2) is 8.43. The lowest BCUT2D eigenvalue weighted by Gasteiger charge is -2.28. The van der Waals surface area contributed by atoms with E-state index in [2.05, 4.69) is 5.32 Å². The molecular weight excluding hydrogens is 296 g/mol. The average Bonchev–Trinajstić information content (AvgIpc) is 2.80. The van der Waals surface area contributed by atoms with E-state index < -0.39 is 5.97 Å². The maximum Gasteiger partial charge on any atom is 0.321 e.